The van der Waals surface area contributed by atoms with Crippen molar-refractivity contribution in [1.29, 1.82) is 0 Å². The second-order valence-corrected chi connectivity index (χ2v) is 6.19. The first-order chi connectivity index (χ1) is 9.54. The first-order valence-electron chi connectivity index (χ1n) is 6.84. The van der Waals surface area contributed by atoms with Crippen molar-refractivity contribution in [2.75, 3.05) is 13.7 Å². The largest absolute Gasteiger partial charge is 0.465 e. The molecule has 0 atom stereocenters. The average molecular weight is 342 g/mol. The van der Waals surface area contributed by atoms with Crippen molar-refractivity contribution in [2.24, 2.45) is 0 Å². The minimum Gasteiger partial charge on any atom is -0.465 e. The molecule has 0 amide bonds. The van der Waals surface area contributed by atoms with Gasteiger partial charge in [0.1, 0.15) is 0 Å². The highest BCUT2D eigenvalue weighted by atomic mass is 79.9. The third-order valence-corrected chi connectivity index (χ3v) is 4.52. The van der Waals surface area contributed by atoms with E-state index in [2.05, 4.69) is 26.0 Å². The van der Waals surface area contributed by atoms with Crippen LogP contribution in [0.4, 0.5) is 0 Å². The Kier molecular flexibility index (Phi) is 5.18. The summed E-state index contributed by atoms with van der Waals surface area (Å²) in [5, 5.41) is 13.5. The Labute approximate surface area is 127 Å². The number of ether oxygens (including phenoxy) is 1. The molecule has 1 fully saturated rings. The highest BCUT2D eigenvalue weighted by Gasteiger charge is 2.30. The lowest BCUT2D eigenvalue weighted by Gasteiger charge is -2.22. The Balaban J connectivity index is 1.91. The predicted molar refractivity (Wildman–Crippen MR) is 80.6 cm³/mol. The molecule has 0 radical (unpaired) electrons. The van der Waals surface area contributed by atoms with Gasteiger partial charge in [-0.15, -0.1) is 0 Å². The average Bonchev–Trinajstić information content (AvgIpc) is 2.86. The molecule has 2 rings (SSSR count). The Hall–Kier alpha value is -0.910. The molecule has 0 aromatic heterocycles. The van der Waals surface area contributed by atoms with E-state index in [4.69, 9.17) is 0 Å². The Morgan fingerprint density at radius 1 is 1.45 bits per heavy atom. The van der Waals surface area contributed by atoms with Crippen LogP contribution in [0.5, 0.6) is 0 Å². The van der Waals surface area contributed by atoms with Crippen molar-refractivity contribution in [3.8, 4) is 0 Å². The minimum atomic E-state index is -0.543. The van der Waals surface area contributed by atoms with Gasteiger partial charge in [-0.25, -0.2) is 4.79 Å². The van der Waals surface area contributed by atoms with E-state index in [1.807, 2.05) is 6.07 Å². The molecule has 110 valence electrons. The van der Waals surface area contributed by atoms with Crippen LogP contribution in [0.2, 0.25) is 0 Å². The minimum absolute atomic E-state index is 0.342. The molecule has 0 heterocycles. The fourth-order valence-electron chi connectivity index (χ4n) is 2.58. The summed E-state index contributed by atoms with van der Waals surface area (Å²) in [4.78, 5) is 11.4. The van der Waals surface area contributed by atoms with Gasteiger partial charge in [0.15, 0.2) is 0 Å². The standard InChI is InChI=1S/C15H20BrNO3/c1-20-14(18)11-4-5-12(13(16)8-11)9-17-10-15(19)6-2-3-7-15/h4-5,8,17,19H,2-3,6-7,9-10H2,1H3. The van der Waals surface area contributed by atoms with E-state index in [-0.39, 0.29) is 5.97 Å². The maximum Gasteiger partial charge on any atom is 0.337 e. The monoisotopic (exact) mass is 341 g/mol. The van der Waals surface area contributed by atoms with Crippen LogP contribution >= 0.6 is 15.9 Å². The summed E-state index contributed by atoms with van der Waals surface area (Å²) in [6.45, 7) is 1.27. The number of nitrogens with one attached hydrogen (secondary N) is 1. The molecule has 1 aliphatic carbocycles. The maximum absolute atomic E-state index is 11.4. The van der Waals surface area contributed by atoms with Crippen LogP contribution in [-0.2, 0) is 11.3 Å². The van der Waals surface area contributed by atoms with Gasteiger partial charge < -0.3 is 15.2 Å². The van der Waals surface area contributed by atoms with Gasteiger partial charge in [0.05, 0.1) is 18.3 Å². The fourth-order valence-corrected chi connectivity index (χ4v) is 3.09. The van der Waals surface area contributed by atoms with Gasteiger partial charge in [-0.05, 0) is 30.5 Å². The molecule has 0 saturated heterocycles. The van der Waals surface area contributed by atoms with Crippen LogP contribution in [-0.4, -0.2) is 30.3 Å². The summed E-state index contributed by atoms with van der Waals surface area (Å²) in [5.74, 6) is -0.342. The van der Waals surface area contributed by atoms with Crippen LogP contribution in [0.3, 0.4) is 0 Å². The molecule has 0 unspecified atom stereocenters. The Morgan fingerprint density at radius 2 is 2.15 bits per heavy atom. The molecule has 1 aromatic carbocycles. The summed E-state index contributed by atoms with van der Waals surface area (Å²) in [7, 11) is 1.37. The molecule has 1 saturated carbocycles. The van der Waals surface area contributed by atoms with Gasteiger partial charge in [0.25, 0.3) is 0 Å². The van der Waals surface area contributed by atoms with Crippen molar-refractivity contribution in [3.05, 3.63) is 33.8 Å². The fraction of sp³-hybridized carbons (Fsp3) is 0.533. The lowest BCUT2D eigenvalue weighted by Crippen LogP contribution is -2.37. The molecule has 0 bridgehead atoms. The number of carbonyl (C=O) groups excluding carboxylic acids is 1. The van der Waals surface area contributed by atoms with Crippen LogP contribution in [0.1, 0.15) is 41.6 Å². The molecule has 1 aliphatic rings. The van der Waals surface area contributed by atoms with Crippen LogP contribution < -0.4 is 5.32 Å². The highest BCUT2D eigenvalue weighted by Crippen LogP contribution is 2.28. The van der Waals surface area contributed by atoms with E-state index in [0.29, 0.717) is 18.7 Å². The number of aliphatic hydroxyl groups is 1. The van der Waals surface area contributed by atoms with Crippen molar-refractivity contribution >= 4 is 21.9 Å². The van der Waals surface area contributed by atoms with Crippen LogP contribution in [0.25, 0.3) is 0 Å². The lowest BCUT2D eigenvalue weighted by atomic mass is 10.0. The van der Waals surface area contributed by atoms with E-state index in [1.165, 1.54) is 7.11 Å². The molecule has 5 heteroatoms. The van der Waals surface area contributed by atoms with E-state index >= 15 is 0 Å². The molecule has 4 nitrogen and oxygen atoms in total. The molecule has 0 spiro atoms. The number of carbonyl (C=O) groups is 1. The van der Waals surface area contributed by atoms with Gasteiger partial charge >= 0.3 is 5.97 Å². The molecular formula is C15H20BrNO3. The van der Waals surface area contributed by atoms with Gasteiger partial charge in [-0.2, -0.15) is 0 Å². The third kappa shape index (κ3) is 3.81. The zero-order chi connectivity index (χ0) is 14.6. The number of rotatable bonds is 5. The summed E-state index contributed by atoms with van der Waals surface area (Å²) >= 11 is 3.46. The lowest BCUT2D eigenvalue weighted by molar-refractivity contribution is 0.0474. The van der Waals surface area contributed by atoms with Gasteiger partial charge in [-0.3, -0.25) is 0 Å². The zero-order valence-electron chi connectivity index (χ0n) is 11.6. The van der Waals surface area contributed by atoms with Crippen molar-refractivity contribution in [1.82, 2.24) is 5.32 Å². The van der Waals surface area contributed by atoms with Crippen molar-refractivity contribution in [2.45, 2.75) is 37.8 Å². The van der Waals surface area contributed by atoms with E-state index in [1.54, 1.807) is 12.1 Å². The zero-order valence-corrected chi connectivity index (χ0v) is 13.2. The molecule has 1 aromatic rings. The van der Waals surface area contributed by atoms with E-state index in [0.717, 1.165) is 35.7 Å². The normalized spacial score (nSPS) is 17.1. The first-order valence-corrected chi connectivity index (χ1v) is 7.63. The van der Waals surface area contributed by atoms with E-state index in [9.17, 15) is 9.90 Å². The summed E-state index contributed by atoms with van der Waals surface area (Å²) in [6.07, 6.45) is 3.97. The third-order valence-electron chi connectivity index (χ3n) is 3.78. The Bertz CT molecular complexity index is 484. The summed E-state index contributed by atoms with van der Waals surface area (Å²) in [5.41, 5.74) is 1.04. The van der Waals surface area contributed by atoms with Gasteiger partial charge in [-0.1, -0.05) is 34.8 Å². The van der Waals surface area contributed by atoms with Crippen molar-refractivity contribution < 1.29 is 14.6 Å². The van der Waals surface area contributed by atoms with E-state index < -0.39 is 5.60 Å². The smallest absolute Gasteiger partial charge is 0.337 e. The SMILES string of the molecule is COC(=O)c1ccc(CNCC2(O)CCCC2)c(Br)c1. The molecule has 0 aliphatic heterocycles. The summed E-state index contributed by atoms with van der Waals surface area (Å²) < 4.78 is 5.55. The number of benzene rings is 1. The first kappa shape index (κ1) is 15.5. The highest BCUT2D eigenvalue weighted by molar-refractivity contribution is 9.10. The Morgan fingerprint density at radius 3 is 2.75 bits per heavy atom. The maximum atomic E-state index is 11.4. The molecule has 20 heavy (non-hydrogen) atoms. The second-order valence-electron chi connectivity index (χ2n) is 5.33. The topological polar surface area (TPSA) is 58.6 Å². The van der Waals surface area contributed by atoms with Crippen molar-refractivity contribution in [3.63, 3.8) is 0 Å². The number of esters is 1. The van der Waals surface area contributed by atoms with Crippen LogP contribution in [0, 0.1) is 0 Å². The number of halogens is 1. The van der Waals surface area contributed by atoms with Gasteiger partial charge in [0.2, 0.25) is 0 Å². The van der Waals surface area contributed by atoms with Gasteiger partial charge in [0, 0.05) is 17.6 Å². The predicted octanol–water partition coefficient (Wildman–Crippen LogP) is 2.63. The number of hydrogen-bond donors (Lipinski definition) is 2. The number of methoxy groups -OCH3 is 1. The number of hydrogen-bond acceptors (Lipinski definition) is 4. The molecule has 2 N–H and O–H groups in total. The van der Waals surface area contributed by atoms with Crippen LogP contribution in [0.15, 0.2) is 22.7 Å². The molecular weight excluding hydrogens is 322 g/mol. The summed E-state index contributed by atoms with van der Waals surface area (Å²) in [6, 6.07) is 5.40. The quantitative estimate of drug-likeness (QED) is 0.808. The second kappa shape index (κ2) is 6.70.